The predicted molar refractivity (Wildman–Crippen MR) is 110 cm³/mol. The normalized spacial score (nSPS) is 11.7. The summed E-state index contributed by atoms with van der Waals surface area (Å²) in [5, 5.41) is 3.69. The Labute approximate surface area is 174 Å². The number of ketones is 1. The van der Waals surface area contributed by atoms with Crippen molar-refractivity contribution in [3.63, 3.8) is 0 Å². The van der Waals surface area contributed by atoms with Crippen LogP contribution < -0.4 is 10.1 Å². The molecular formula is C23H23NO6. The van der Waals surface area contributed by atoms with Gasteiger partial charge >= 0.3 is 5.97 Å². The number of Topliss-reactive ketones (excluding diaryl/α,β-unsaturated/α-hetero) is 1. The van der Waals surface area contributed by atoms with Crippen LogP contribution in [0.3, 0.4) is 0 Å². The summed E-state index contributed by atoms with van der Waals surface area (Å²) in [5.41, 5.74) is 1.73. The van der Waals surface area contributed by atoms with Gasteiger partial charge in [-0.1, -0.05) is 18.2 Å². The van der Waals surface area contributed by atoms with Crippen LogP contribution >= 0.6 is 0 Å². The fourth-order valence-corrected chi connectivity index (χ4v) is 3.06. The molecule has 0 spiro atoms. The maximum absolute atomic E-state index is 12.2. The lowest BCUT2D eigenvalue weighted by Gasteiger charge is -2.12. The van der Waals surface area contributed by atoms with E-state index in [1.165, 1.54) is 14.0 Å². The number of methoxy groups -OCH3 is 1. The van der Waals surface area contributed by atoms with Gasteiger partial charge in [-0.25, -0.2) is 0 Å². The van der Waals surface area contributed by atoms with Crippen LogP contribution in [0.15, 0.2) is 52.9 Å². The minimum absolute atomic E-state index is 0.114. The topological polar surface area (TPSA) is 94.8 Å². The predicted octanol–water partition coefficient (Wildman–Crippen LogP) is 3.61. The second kappa shape index (κ2) is 9.26. The highest BCUT2D eigenvalue weighted by atomic mass is 16.5. The van der Waals surface area contributed by atoms with E-state index in [1.807, 2.05) is 30.3 Å². The Hall–Kier alpha value is -3.61. The molecule has 0 aliphatic carbocycles. The molecule has 1 atom stereocenters. The monoisotopic (exact) mass is 409 g/mol. The zero-order valence-corrected chi connectivity index (χ0v) is 17.1. The number of carbonyl (C=O) groups is 3. The molecule has 0 radical (unpaired) electrons. The van der Waals surface area contributed by atoms with Crippen LogP contribution in [0.2, 0.25) is 0 Å². The van der Waals surface area contributed by atoms with E-state index >= 15 is 0 Å². The maximum atomic E-state index is 12.2. The summed E-state index contributed by atoms with van der Waals surface area (Å²) in [6, 6.07) is 13.9. The van der Waals surface area contributed by atoms with Gasteiger partial charge in [-0.2, -0.15) is 0 Å². The number of nitrogens with one attached hydrogen (secondary N) is 1. The van der Waals surface area contributed by atoms with Gasteiger partial charge in [-0.15, -0.1) is 0 Å². The zero-order valence-electron chi connectivity index (χ0n) is 17.1. The Bertz CT molecular complexity index is 1050. The summed E-state index contributed by atoms with van der Waals surface area (Å²) in [7, 11) is 1.48. The van der Waals surface area contributed by atoms with Gasteiger partial charge in [0.2, 0.25) is 0 Å². The van der Waals surface area contributed by atoms with E-state index in [0.29, 0.717) is 22.6 Å². The lowest BCUT2D eigenvalue weighted by molar-refractivity contribution is -0.148. The van der Waals surface area contributed by atoms with E-state index in [4.69, 9.17) is 13.9 Å². The molecule has 3 aromatic rings. The van der Waals surface area contributed by atoms with Crippen molar-refractivity contribution in [2.45, 2.75) is 26.3 Å². The summed E-state index contributed by atoms with van der Waals surface area (Å²) in [6.07, 6.45) is -0.114. The smallest absolute Gasteiger partial charge is 0.310 e. The molecule has 1 amide bonds. The van der Waals surface area contributed by atoms with E-state index in [0.717, 1.165) is 11.0 Å². The summed E-state index contributed by atoms with van der Waals surface area (Å²) in [5.74, 6) is -0.0749. The molecule has 7 nitrogen and oxygen atoms in total. The lowest BCUT2D eigenvalue weighted by atomic mass is 10.0. The summed E-state index contributed by atoms with van der Waals surface area (Å²) >= 11 is 0. The quantitative estimate of drug-likeness (QED) is 0.451. The number of para-hydroxylation sites is 1. The molecule has 0 unspecified atom stereocenters. The molecule has 0 fully saturated rings. The molecule has 2 aromatic carbocycles. The van der Waals surface area contributed by atoms with Crippen molar-refractivity contribution in [3.8, 4) is 5.75 Å². The number of ether oxygens (including phenoxy) is 2. The highest BCUT2D eigenvalue weighted by Gasteiger charge is 2.17. The minimum Gasteiger partial charge on any atom is -0.496 e. The molecule has 30 heavy (non-hydrogen) atoms. The highest BCUT2D eigenvalue weighted by molar-refractivity contribution is 5.94. The third kappa shape index (κ3) is 5.05. The van der Waals surface area contributed by atoms with Crippen molar-refractivity contribution in [2.75, 3.05) is 13.7 Å². The van der Waals surface area contributed by atoms with Crippen LogP contribution in [-0.2, 0) is 20.7 Å². The van der Waals surface area contributed by atoms with Crippen molar-refractivity contribution in [3.05, 3.63) is 65.4 Å². The van der Waals surface area contributed by atoms with Gasteiger partial charge in [-0.05, 0) is 44.2 Å². The van der Waals surface area contributed by atoms with Crippen molar-refractivity contribution < 1.29 is 28.3 Å². The number of hydrogen-bond donors (Lipinski definition) is 1. The molecule has 3 rings (SSSR count). The first kappa shape index (κ1) is 21.1. The van der Waals surface area contributed by atoms with Gasteiger partial charge in [0, 0.05) is 16.5 Å². The number of carbonyl (C=O) groups excluding carboxylic acids is 3. The largest absolute Gasteiger partial charge is 0.496 e. The Balaban J connectivity index is 1.55. The van der Waals surface area contributed by atoms with Crippen molar-refractivity contribution >= 4 is 28.6 Å². The molecule has 1 heterocycles. The first-order chi connectivity index (χ1) is 14.4. The van der Waals surface area contributed by atoms with Gasteiger partial charge < -0.3 is 19.2 Å². The van der Waals surface area contributed by atoms with Gasteiger partial charge in [-0.3, -0.25) is 14.4 Å². The second-order valence-corrected chi connectivity index (χ2v) is 6.90. The number of furan rings is 1. The van der Waals surface area contributed by atoms with Crippen LogP contribution in [0.5, 0.6) is 5.75 Å². The van der Waals surface area contributed by atoms with E-state index in [2.05, 4.69) is 5.32 Å². The SMILES string of the molecule is COc1ccc(C(C)=O)cc1CC(=O)OCC(=O)N[C@@H](C)c1cc2ccccc2o1. The Morgan fingerprint density at radius 2 is 1.87 bits per heavy atom. The van der Waals surface area contributed by atoms with Crippen LogP contribution in [-0.4, -0.2) is 31.4 Å². The van der Waals surface area contributed by atoms with Crippen molar-refractivity contribution in [2.24, 2.45) is 0 Å². The number of amides is 1. The van der Waals surface area contributed by atoms with Crippen molar-refractivity contribution in [1.29, 1.82) is 0 Å². The third-order valence-corrected chi connectivity index (χ3v) is 4.63. The molecular weight excluding hydrogens is 386 g/mol. The summed E-state index contributed by atoms with van der Waals surface area (Å²) in [4.78, 5) is 35.9. The average Bonchev–Trinajstić information content (AvgIpc) is 3.16. The fraction of sp³-hybridized carbons (Fsp3) is 0.261. The Kier molecular flexibility index (Phi) is 6.51. The van der Waals surface area contributed by atoms with Gasteiger partial charge in [0.15, 0.2) is 12.4 Å². The zero-order chi connectivity index (χ0) is 21.7. The van der Waals surface area contributed by atoms with E-state index < -0.39 is 18.5 Å². The van der Waals surface area contributed by atoms with Crippen LogP contribution in [0.25, 0.3) is 11.0 Å². The molecule has 0 saturated heterocycles. The standard InChI is InChI=1S/C23H23NO6/c1-14(21-11-17-6-4-5-7-20(17)30-21)24-22(26)13-29-23(27)12-18-10-16(15(2)25)8-9-19(18)28-3/h4-11,14H,12-13H2,1-3H3,(H,24,26)/t14-/m0/s1. The number of hydrogen-bond acceptors (Lipinski definition) is 6. The maximum Gasteiger partial charge on any atom is 0.310 e. The van der Waals surface area contributed by atoms with E-state index in [-0.39, 0.29) is 18.2 Å². The van der Waals surface area contributed by atoms with Gasteiger partial charge in [0.05, 0.1) is 19.6 Å². The van der Waals surface area contributed by atoms with Gasteiger partial charge in [0.25, 0.3) is 5.91 Å². The van der Waals surface area contributed by atoms with E-state index in [1.54, 1.807) is 25.1 Å². The average molecular weight is 409 g/mol. The lowest BCUT2D eigenvalue weighted by Crippen LogP contribution is -2.31. The number of rotatable bonds is 8. The van der Waals surface area contributed by atoms with Crippen molar-refractivity contribution in [1.82, 2.24) is 5.32 Å². The Morgan fingerprint density at radius 1 is 1.10 bits per heavy atom. The highest BCUT2D eigenvalue weighted by Crippen LogP contribution is 2.24. The molecule has 7 heteroatoms. The number of esters is 1. The first-order valence-electron chi connectivity index (χ1n) is 9.48. The minimum atomic E-state index is -0.597. The molecule has 0 bridgehead atoms. The summed E-state index contributed by atoms with van der Waals surface area (Å²) in [6.45, 7) is 2.81. The molecule has 1 aromatic heterocycles. The summed E-state index contributed by atoms with van der Waals surface area (Å²) < 4.78 is 16.0. The first-order valence-corrected chi connectivity index (χ1v) is 9.48. The second-order valence-electron chi connectivity index (χ2n) is 6.90. The van der Waals surface area contributed by atoms with Crippen LogP contribution in [0, 0.1) is 0 Å². The fourth-order valence-electron chi connectivity index (χ4n) is 3.06. The van der Waals surface area contributed by atoms with Gasteiger partial charge in [0.1, 0.15) is 17.1 Å². The van der Waals surface area contributed by atoms with Crippen LogP contribution in [0.1, 0.15) is 41.6 Å². The number of fused-ring (bicyclic) bond motifs is 1. The Morgan fingerprint density at radius 3 is 2.57 bits per heavy atom. The number of benzene rings is 2. The molecule has 1 N–H and O–H groups in total. The molecule has 0 saturated carbocycles. The van der Waals surface area contributed by atoms with Crippen LogP contribution in [0.4, 0.5) is 0 Å². The van der Waals surface area contributed by atoms with E-state index in [9.17, 15) is 14.4 Å². The third-order valence-electron chi connectivity index (χ3n) is 4.63. The molecule has 156 valence electrons. The molecule has 0 aliphatic rings. The molecule has 0 aliphatic heterocycles.